The lowest BCUT2D eigenvalue weighted by Gasteiger charge is -1.96. The molecule has 0 saturated heterocycles. The van der Waals surface area contributed by atoms with Gasteiger partial charge in [0.1, 0.15) is 0 Å². The van der Waals surface area contributed by atoms with Crippen LogP contribution < -0.4 is 5.73 Å². The Morgan fingerprint density at radius 3 is 2.58 bits per heavy atom. The Labute approximate surface area is 123 Å². The highest BCUT2D eigenvalue weighted by atomic mass is 127. The van der Waals surface area contributed by atoms with Gasteiger partial charge >= 0.3 is 0 Å². The smallest absolute Gasteiger partial charge is 0.258 e. The van der Waals surface area contributed by atoms with E-state index in [1.54, 1.807) is 0 Å². The van der Waals surface area contributed by atoms with Crippen LogP contribution in [0.25, 0.3) is 22.8 Å². The number of aromatic nitrogens is 2. The average molecular weight is 363 g/mol. The summed E-state index contributed by atoms with van der Waals surface area (Å²) < 4.78 is 6.42. The molecule has 0 amide bonds. The molecule has 0 fully saturated rings. The SMILES string of the molecule is Nc1cccc(-c2noc(-c3cccc(I)c3)n2)c1. The van der Waals surface area contributed by atoms with Crippen LogP contribution in [0.5, 0.6) is 0 Å². The van der Waals surface area contributed by atoms with Gasteiger partial charge in [-0.15, -0.1) is 0 Å². The van der Waals surface area contributed by atoms with Crippen molar-refractivity contribution in [3.8, 4) is 22.8 Å². The Morgan fingerprint density at radius 2 is 1.79 bits per heavy atom. The van der Waals surface area contributed by atoms with E-state index in [1.165, 1.54) is 0 Å². The van der Waals surface area contributed by atoms with Gasteiger partial charge in [-0.2, -0.15) is 4.98 Å². The fourth-order valence-corrected chi connectivity index (χ4v) is 2.30. The molecule has 0 aliphatic rings. The highest BCUT2D eigenvalue weighted by Crippen LogP contribution is 2.24. The molecule has 0 unspecified atom stereocenters. The van der Waals surface area contributed by atoms with Gasteiger partial charge in [-0.05, 0) is 52.9 Å². The average Bonchev–Trinajstić information content (AvgIpc) is 2.88. The summed E-state index contributed by atoms with van der Waals surface area (Å²) in [5, 5.41) is 3.99. The molecule has 1 aromatic heterocycles. The first-order valence-corrected chi connectivity index (χ1v) is 6.76. The van der Waals surface area contributed by atoms with E-state index in [2.05, 4.69) is 32.7 Å². The van der Waals surface area contributed by atoms with Crippen LogP contribution in [0.4, 0.5) is 5.69 Å². The van der Waals surface area contributed by atoms with Crippen molar-refractivity contribution >= 4 is 28.3 Å². The van der Waals surface area contributed by atoms with Gasteiger partial charge in [0.25, 0.3) is 5.89 Å². The highest BCUT2D eigenvalue weighted by molar-refractivity contribution is 14.1. The third-order valence-corrected chi connectivity index (χ3v) is 3.31. The maximum absolute atomic E-state index is 5.75. The van der Waals surface area contributed by atoms with Gasteiger partial charge in [0.2, 0.25) is 5.82 Å². The molecule has 0 atom stereocenters. The number of anilines is 1. The third kappa shape index (κ3) is 2.60. The molecule has 2 aromatic carbocycles. The lowest BCUT2D eigenvalue weighted by Crippen LogP contribution is -1.86. The number of nitrogens with two attached hydrogens (primary N) is 1. The van der Waals surface area contributed by atoms with E-state index in [0.717, 1.165) is 14.7 Å². The maximum atomic E-state index is 5.75. The van der Waals surface area contributed by atoms with Crippen LogP contribution in [0.2, 0.25) is 0 Å². The Balaban J connectivity index is 2.00. The molecule has 3 rings (SSSR count). The van der Waals surface area contributed by atoms with E-state index in [1.807, 2.05) is 48.5 Å². The zero-order valence-electron chi connectivity index (χ0n) is 9.88. The summed E-state index contributed by atoms with van der Waals surface area (Å²) in [6.07, 6.45) is 0. The molecule has 0 radical (unpaired) electrons. The number of nitrogens with zero attached hydrogens (tertiary/aromatic N) is 2. The number of nitrogen functional groups attached to an aromatic ring is 1. The van der Waals surface area contributed by atoms with Crippen LogP contribution >= 0.6 is 22.6 Å². The molecule has 2 N–H and O–H groups in total. The van der Waals surface area contributed by atoms with Gasteiger partial charge in [-0.1, -0.05) is 23.4 Å². The molecule has 0 bridgehead atoms. The number of benzene rings is 2. The highest BCUT2D eigenvalue weighted by Gasteiger charge is 2.10. The fourth-order valence-electron chi connectivity index (χ4n) is 1.76. The standard InChI is InChI=1S/C14H10IN3O/c15-11-5-1-4-10(7-11)14-17-13(18-19-14)9-3-2-6-12(16)8-9/h1-8H,16H2. The van der Waals surface area contributed by atoms with Gasteiger partial charge < -0.3 is 10.3 Å². The molecule has 0 aliphatic carbocycles. The van der Waals surface area contributed by atoms with E-state index >= 15 is 0 Å². The molecular weight excluding hydrogens is 353 g/mol. The van der Waals surface area contributed by atoms with Crippen molar-refractivity contribution in [1.29, 1.82) is 0 Å². The van der Waals surface area contributed by atoms with Crippen molar-refractivity contribution in [3.05, 3.63) is 52.1 Å². The van der Waals surface area contributed by atoms with Gasteiger partial charge in [-0.25, -0.2) is 0 Å². The summed E-state index contributed by atoms with van der Waals surface area (Å²) in [4.78, 5) is 4.40. The molecule has 1 heterocycles. The molecule has 0 aliphatic heterocycles. The normalized spacial score (nSPS) is 10.6. The lowest BCUT2D eigenvalue weighted by molar-refractivity contribution is 0.432. The number of hydrogen-bond donors (Lipinski definition) is 1. The molecule has 3 aromatic rings. The van der Waals surface area contributed by atoms with Gasteiger partial charge in [0.05, 0.1) is 0 Å². The second-order valence-electron chi connectivity index (χ2n) is 4.06. The summed E-state index contributed by atoms with van der Waals surface area (Å²) in [7, 11) is 0. The molecule has 0 spiro atoms. The number of rotatable bonds is 2. The monoisotopic (exact) mass is 363 g/mol. The first-order chi connectivity index (χ1) is 9.22. The first kappa shape index (κ1) is 12.2. The number of halogens is 1. The van der Waals surface area contributed by atoms with E-state index in [4.69, 9.17) is 10.3 Å². The minimum atomic E-state index is 0.510. The van der Waals surface area contributed by atoms with Crippen molar-refractivity contribution in [2.45, 2.75) is 0 Å². The number of hydrogen-bond acceptors (Lipinski definition) is 4. The Kier molecular flexibility index (Phi) is 3.20. The summed E-state index contributed by atoms with van der Waals surface area (Å²) in [6, 6.07) is 15.3. The molecule has 0 saturated carbocycles. The van der Waals surface area contributed by atoms with Crippen molar-refractivity contribution in [2.24, 2.45) is 0 Å². The van der Waals surface area contributed by atoms with Crippen LogP contribution in [-0.4, -0.2) is 10.1 Å². The van der Waals surface area contributed by atoms with Crippen LogP contribution in [-0.2, 0) is 0 Å². The van der Waals surface area contributed by atoms with Gasteiger partial charge in [0.15, 0.2) is 0 Å². The van der Waals surface area contributed by atoms with Crippen molar-refractivity contribution < 1.29 is 4.52 Å². The van der Waals surface area contributed by atoms with Crippen molar-refractivity contribution in [1.82, 2.24) is 10.1 Å². The summed E-state index contributed by atoms with van der Waals surface area (Å²) in [5.74, 6) is 1.05. The van der Waals surface area contributed by atoms with Crippen LogP contribution in [0.15, 0.2) is 53.1 Å². The predicted molar refractivity (Wildman–Crippen MR) is 82.3 cm³/mol. The topological polar surface area (TPSA) is 64.9 Å². The Hall–Kier alpha value is -1.89. The zero-order valence-corrected chi connectivity index (χ0v) is 12.0. The molecule has 19 heavy (non-hydrogen) atoms. The first-order valence-electron chi connectivity index (χ1n) is 5.68. The minimum absolute atomic E-state index is 0.510. The zero-order chi connectivity index (χ0) is 13.2. The Bertz CT molecular complexity index is 664. The predicted octanol–water partition coefficient (Wildman–Crippen LogP) is 3.59. The van der Waals surface area contributed by atoms with E-state index < -0.39 is 0 Å². The third-order valence-electron chi connectivity index (χ3n) is 2.64. The second kappa shape index (κ2) is 5.00. The van der Waals surface area contributed by atoms with Crippen molar-refractivity contribution in [2.75, 3.05) is 5.73 Å². The molecule has 4 nitrogen and oxygen atoms in total. The summed E-state index contributed by atoms with van der Waals surface area (Å²) in [6.45, 7) is 0. The van der Waals surface area contributed by atoms with Gasteiger partial charge in [-0.3, -0.25) is 0 Å². The van der Waals surface area contributed by atoms with E-state index in [-0.39, 0.29) is 0 Å². The van der Waals surface area contributed by atoms with E-state index in [0.29, 0.717) is 17.4 Å². The van der Waals surface area contributed by atoms with Gasteiger partial charge in [0, 0.05) is 20.4 Å². The quantitative estimate of drug-likeness (QED) is 0.558. The van der Waals surface area contributed by atoms with Crippen LogP contribution in [0.3, 0.4) is 0 Å². The molecule has 94 valence electrons. The lowest BCUT2D eigenvalue weighted by atomic mass is 10.2. The van der Waals surface area contributed by atoms with E-state index in [9.17, 15) is 0 Å². The second-order valence-corrected chi connectivity index (χ2v) is 5.30. The Morgan fingerprint density at radius 1 is 1.00 bits per heavy atom. The fraction of sp³-hybridized carbons (Fsp3) is 0. The minimum Gasteiger partial charge on any atom is -0.399 e. The van der Waals surface area contributed by atoms with Crippen molar-refractivity contribution in [3.63, 3.8) is 0 Å². The summed E-state index contributed by atoms with van der Waals surface area (Å²) in [5.41, 5.74) is 8.18. The van der Waals surface area contributed by atoms with Crippen LogP contribution in [0.1, 0.15) is 0 Å². The molecular formula is C14H10IN3O. The molecule has 5 heteroatoms. The largest absolute Gasteiger partial charge is 0.399 e. The van der Waals surface area contributed by atoms with Crippen LogP contribution in [0, 0.1) is 3.57 Å². The maximum Gasteiger partial charge on any atom is 0.258 e. The summed E-state index contributed by atoms with van der Waals surface area (Å²) >= 11 is 2.25.